The molecule has 1 aliphatic rings. The summed E-state index contributed by atoms with van der Waals surface area (Å²) in [4.78, 5) is 42.5. The number of amides is 2. The fraction of sp³-hybridized carbons (Fsp3) is 0.111. The monoisotopic (exact) mass is 395 g/mol. The Morgan fingerprint density at radius 3 is 2.62 bits per heavy atom. The predicted octanol–water partition coefficient (Wildman–Crippen LogP) is 1.20. The maximum Gasteiger partial charge on any atom is 0.271 e. The van der Waals surface area contributed by atoms with Crippen LogP contribution in [0.15, 0.2) is 64.6 Å². The molecule has 29 heavy (non-hydrogen) atoms. The number of para-hydroxylation sites is 1. The molecule has 5 N–H and O–H groups in total. The zero-order chi connectivity index (χ0) is 20.8. The Morgan fingerprint density at radius 2 is 1.90 bits per heavy atom. The molecule has 0 aliphatic carbocycles. The molecule has 0 fully saturated rings. The van der Waals surface area contributed by atoms with E-state index in [0.29, 0.717) is 5.69 Å². The van der Waals surface area contributed by atoms with Crippen molar-refractivity contribution in [3.63, 3.8) is 0 Å². The van der Waals surface area contributed by atoms with Crippen LogP contribution in [0, 0.1) is 10.1 Å². The van der Waals surface area contributed by atoms with Gasteiger partial charge in [0.15, 0.2) is 0 Å². The van der Waals surface area contributed by atoms with E-state index in [0.717, 1.165) is 0 Å². The lowest BCUT2D eigenvalue weighted by molar-refractivity contribution is -0.384. The first kappa shape index (κ1) is 19.5. The predicted molar refractivity (Wildman–Crippen MR) is 107 cm³/mol. The van der Waals surface area contributed by atoms with Gasteiger partial charge in [-0.05, 0) is 18.2 Å². The van der Waals surface area contributed by atoms with E-state index in [9.17, 15) is 19.7 Å². The minimum Gasteiger partial charge on any atom is -0.369 e. The molecule has 2 amide bonds. The molecular weight excluding hydrogens is 378 g/mol. The third-order valence-corrected chi connectivity index (χ3v) is 3.81. The number of non-ortho nitro benzene ring substituents is 1. The van der Waals surface area contributed by atoms with Crippen molar-refractivity contribution in [2.75, 3.05) is 10.6 Å². The van der Waals surface area contributed by atoms with Gasteiger partial charge in [0, 0.05) is 23.5 Å². The Bertz CT molecular complexity index is 1000. The highest BCUT2D eigenvalue weighted by Crippen LogP contribution is 2.18. The van der Waals surface area contributed by atoms with Crippen LogP contribution in [-0.2, 0) is 9.59 Å². The molecule has 1 aliphatic heterocycles. The molecule has 1 atom stereocenters. The van der Waals surface area contributed by atoms with Gasteiger partial charge in [-0.3, -0.25) is 25.0 Å². The van der Waals surface area contributed by atoms with E-state index >= 15 is 0 Å². The number of nitrogens with one attached hydrogen (secondary N) is 3. The van der Waals surface area contributed by atoms with E-state index in [2.05, 4.69) is 25.9 Å². The van der Waals surface area contributed by atoms with Crippen molar-refractivity contribution in [2.45, 2.75) is 12.5 Å². The molecule has 0 saturated carbocycles. The number of hydrogen-bond donors (Lipinski definition) is 4. The van der Waals surface area contributed by atoms with Crippen LogP contribution in [0.4, 0.5) is 17.1 Å². The number of carbonyl (C=O) groups is 2. The first-order valence-electron chi connectivity index (χ1n) is 8.50. The maximum atomic E-state index is 12.2. The van der Waals surface area contributed by atoms with Gasteiger partial charge in [0.25, 0.3) is 11.6 Å². The van der Waals surface area contributed by atoms with E-state index in [4.69, 9.17) is 5.73 Å². The molecular formula is C18H17N7O4. The molecule has 0 radical (unpaired) electrons. The summed E-state index contributed by atoms with van der Waals surface area (Å²) in [5, 5.41) is 18.6. The van der Waals surface area contributed by atoms with Crippen LogP contribution in [-0.4, -0.2) is 34.7 Å². The molecule has 1 heterocycles. The minimum absolute atomic E-state index is 0.0101. The SMILES string of the molecule is NC(=NC1=N[C@H](CC(=O)Nc2cccc([N+](=O)[O-])c2)C(=O)N1)Nc1ccccc1. The standard InChI is InChI=1S/C18H17N7O4/c19-17(21-11-5-2-1-3-6-11)24-18-22-14(16(27)23-18)10-15(26)20-12-7-4-8-13(9-12)25(28)29/h1-9,14H,10H2,(H,20,26)(H4,19,21,22,23,24,27)/t14-/m1/s1. The first-order valence-corrected chi connectivity index (χ1v) is 8.50. The van der Waals surface area contributed by atoms with Gasteiger partial charge in [-0.25, -0.2) is 4.99 Å². The van der Waals surface area contributed by atoms with Crippen molar-refractivity contribution in [2.24, 2.45) is 15.7 Å². The van der Waals surface area contributed by atoms with Crippen LogP contribution < -0.4 is 21.7 Å². The number of aliphatic imine (C=N–C) groups is 2. The zero-order valence-electron chi connectivity index (χ0n) is 15.0. The number of rotatable bonds is 5. The Kier molecular flexibility index (Phi) is 5.78. The molecule has 0 aromatic heterocycles. The molecule has 0 spiro atoms. The minimum atomic E-state index is -0.975. The van der Waals surface area contributed by atoms with E-state index in [1.54, 1.807) is 12.1 Å². The van der Waals surface area contributed by atoms with Crippen LogP contribution in [0.2, 0.25) is 0 Å². The second-order valence-electron chi connectivity index (χ2n) is 6.01. The average Bonchev–Trinajstić information content (AvgIpc) is 3.01. The van der Waals surface area contributed by atoms with Gasteiger partial charge in [-0.15, -0.1) is 0 Å². The van der Waals surface area contributed by atoms with E-state index in [1.807, 2.05) is 18.2 Å². The van der Waals surface area contributed by atoms with Gasteiger partial charge in [0.1, 0.15) is 6.04 Å². The fourth-order valence-electron chi connectivity index (χ4n) is 2.52. The summed E-state index contributed by atoms with van der Waals surface area (Å²) in [6, 6.07) is 13.6. The second-order valence-corrected chi connectivity index (χ2v) is 6.01. The molecule has 11 heteroatoms. The van der Waals surface area contributed by atoms with E-state index in [1.165, 1.54) is 24.3 Å². The molecule has 11 nitrogen and oxygen atoms in total. The average molecular weight is 395 g/mol. The molecule has 0 saturated heterocycles. The van der Waals surface area contributed by atoms with E-state index in [-0.39, 0.29) is 29.7 Å². The number of nitrogens with two attached hydrogens (primary N) is 1. The van der Waals surface area contributed by atoms with Crippen molar-refractivity contribution in [3.8, 4) is 0 Å². The van der Waals surface area contributed by atoms with Crippen LogP contribution in [0.25, 0.3) is 0 Å². The largest absolute Gasteiger partial charge is 0.369 e. The van der Waals surface area contributed by atoms with Gasteiger partial charge < -0.3 is 16.4 Å². The van der Waals surface area contributed by atoms with Crippen LogP contribution in [0.5, 0.6) is 0 Å². The number of hydrogen-bond acceptors (Lipinski definition) is 6. The quantitative estimate of drug-likeness (QED) is 0.257. The number of anilines is 2. The summed E-state index contributed by atoms with van der Waals surface area (Å²) >= 11 is 0. The van der Waals surface area contributed by atoms with Gasteiger partial charge in [-0.2, -0.15) is 4.99 Å². The normalized spacial score (nSPS) is 16.0. The third-order valence-electron chi connectivity index (χ3n) is 3.81. The van der Waals surface area contributed by atoms with Gasteiger partial charge >= 0.3 is 0 Å². The van der Waals surface area contributed by atoms with Crippen molar-refractivity contribution < 1.29 is 14.5 Å². The molecule has 0 bridgehead atoms. The van der Waals surface area contributed by atoms with Crippen LogP contribution in [0.3, 0.4) is 0 Å². The van der Waals surface area contributed by atoms with Crippen LogP contribution >= 0.6 is 0 Å². The Hall–Kier alpha value is -4.28. The summed E-state index contributed by atoms with van der Waals surface area (Å²) < 4.78 is 0. The molecule has 2 aromatic rings. The molecule has 3 rings (SSSR count). The Balaban J connectivity index is 1.61. The number of nitrogens with zero attached hydrogens (tertiary/aromatic N) is 3. The molecule has 2 aromatic carbocycles. The van der Waals surface area contributed by atoms with E-state index < -0.39 is 22.8 Å². The summed E-state index contributed by atoms with van der Waals surface area (Å²) in [5.41, 5.74) is 6.60. The number of benzene rings is 2. The highest BCUT2D eigenvalue weighted by Gasteiger charge is 2.28. The highest BCUT2D eigenvalue weighted by atomic mass is 16.6. The lowest BCUT2D eigenvalue weighted by Gasteiger charge is -2.06. The first-order chi connectivity index (χ1) is 13.9. The van der Waals surface area contributed by atoms with Gasteiger partial charge in [0.2, 0.25) is 17.8 Å². The van der Waals surface area contributed by atoms with Crippen LogP contribution in [0.1, 0.15) is 6.42 Å². The van der Waals surface area contributed by atoms with Crippen molar-refractivity contribution >= 4 is 40.8 Å². The number of carbonyl (C=O) groups excluding carboxylic acids is 2. The van der Waals surface area contributed by atoms with Gasteiger partial charge in [0.05, 0.1) is 11.3 Å². The van der Waals surface area contributed by atoms with Crippen molar-refractivity contribution in [1.29, 1.82) is 0 Å². The Morgan fingerprint density at radius 1 is 1.17 bits per heavy atom. The Labute approximate surface area is 164 Å². The van der Waals surface area contributed by atoms with Crippen molar-refractivity contribution in [1.82, 2.24) is 5.32 Å². The molecule has 0 unspecified atom stereocenters. The lowest BCUT2D eigenvalue weighted by atomic mass is 10.2. The third kappa shape index (κ3) is 5.35. The topological polar surface area (TPSA) is 164 Å². The smallest absolute Gasteiger partial charge is 0.271 e. The summed E-state index contributed by atoms with van der Waals surface area (Å²) in [6.45, 7) is 0. The highest BCUT2D eigenvalue weighted by molar-refractivity contribution is 6.11. The summed E-state index contributed by atoms with van der Waals surface area (Å²) in [5.74, 6) is -0.999. The summed E-state index contributed by atoms with van der Waals surface area (Å²) in [7, 11) is 0. The van der Waals surface area contributed by atoms with Crippen molar-refractivity contribution in [3.05, 3.63) is 64.7 Å². The molecule has 148 valence electrons. The summed E-state index contributed by atoms with van der Waals surface area (Å²) in [6.07, 6.45) is -0.250. The number of guanidine groups is 2. The maximum absolute atomic E-state index is 12.2. The lowest BCUT2D eigenvalue weighted by Crippen LogP contribution is -2.32. The number of nitro groups is 1. The second kappa shape index (κ2) is 8.61. The number of nitro benzene ring substituents is 1. The fourth-order valence-corrected chi connectivity index (χ4v) is 2.52. The zero-order valence-corrected chi connectivity index (χ0v) is 15.0. The van der Waals surface area contributed by atoms with Gasteiger partial charge in [-0.1, -0.05) is 24.3 Å².